The Labute approximate surface area is 139 Å². The lowest BCUT2D eigenvalue weighted by Crippen LogP contribution is -2.06. The van der Waals surface area contributed by atoms with E-state index in [-0.39, 0.29) is 5.75 Å². The standard InChI is InChI=1S/C14H21N2O2S.BF4/c1-2-3-4-5-6-7-12-19(17,18)14-10-8-13(16-15)9-11-14;2-1(3,4)5/h8-11H,2-7,12H2,1H3;/q+1;-1. The minimum absolute atomic E-state index is 0.189. The van der Waals surface area contributed by atoms with Crippen molar-refractivity contribution in [3.63, 3.8) is 0 Å². The van der Waals surface area contributed by atoms with E-state index in [1.807, 2.05) is 0 Å². The van der Waals surface area contributed by atoms with Gasteiger partial charge in [-0.05, 0) is 18.6 Å². The lowest BCUT2D eigenvalue weighted by Gasteiger charge is -2.03. The Morgan fingerprint density at radius 2 is 1.42 bits per heavy atom. The molecule has 0 aliphatic rings. The molecule has 0 heterocycles. The first kappa shape index (κ1) is 22.4. The van der Waals surface area contributed by atoms with Gasteiger partial charge in [-0.3, -0.25) is 0 Å². The first-order valence-electron chi connectivity index (χ1n) is 7.65. The Morgan fingerprint density at radius 1 is 0.958 bits per heavy atom. The molecule has 24 heavy (non-hydrogen) atoms. The van der Waals surface area contributed by atoms with E-state index in [4.69, 9.17) is 5.39 Å². The number of benzene rings is 1. The van der Waals surface area contributed by atoms with Crippen LogP contribution in [0, 0.1) is 5.39 Å². The first-order chi connectivity index (χ1) is 11.1. The highest BCUT2D eigenvalue weighted by atomic mass is 32.2. The summed E-state index contributed by atoms with van der Waals surface area (Å²) in [5.74, 6) is 0.189. The summed E-state index contributed by atoms with van der Waals surface area (Å²) in [4.78, 5) is 3.30. The van der Waals surface area contributed by atoms with E-state index >= 15 is 0 Å². The van der Waals surface area contributed by atoms with Gasteiger partial charge < -0.3 is 17.3 Å². The monoisotopic (exact) mass is 368 g/mol. The van der Waals surface area contributed by atoms with Crippen LogP contribution in [0.15, 0.2) is 29.2 Å². The number of unbranched alkanes of at least 4 members (excludes halogenated alkanes) is 5. The second-order valence-corrected chi connectivity index (χ2v) is 7.28. The maximum atomic E-state index is 12.0. The van der Waals surface area contributed by atoms with Gasteiger partial charge in [0.15, 0.2) is 14.8 Å². The Morgan fingerprint density at radius 3 is 1.88 bits per heavy atom. The molecule has 136 valence electrons. The van der Waals surface area contributed by atoms with E-state index in [1.54, 1.807) is 0 Å². The third-order valence-corrected chi connectivity index (χ3v) is 4.89. The number of hydrogen-bond donors (Lipinski definition) is 0. The zero-order valence-corrected chi connectivity index (χ0v) is 14.3. The molecule has 0 saturated carbocycles. The number of nitrogens with zero attached hydrogens (tertiary/aromatic N) is 2. The Hall–Kier alpha value is -1.63. The quantitative estimate of drug-likeness (QED) is 0.259. The zero-order valence-electron chi connectivity index (χ0n) is 13.5. The fraction of sp³-hybridized carbons (Fsp3) is 0.571. The Bertz CT molecular complexity index is 607. The Balaban J connectivity index is 0.000000922. The van der Waals surface area contributed by atoms with Gasteiger partial charge in [0.1, 0.15) is 0 Å². The van der Waals surface area contributed by atoms with Crippen molar-refractivity contribution in [2.75, 3.05) is 5.75 Å². The molecule has 0 amide bonds. The average molecular weight is 368 g/mol. The summed E-state index contributed by atoms with van der Waals surface area (Å²) >= 11 is 0. The molecule has 0 atom stereocenters. The lowest BCUT2D eigenvalue weighted by atomic mass is 10.1. The normalized spacial score (nSPS) is 11.3. The van der Waals surface area contributed by atoms with E-state index in [1.165, 1.54) is 43.5 Å². The molecular weight excluding hydrogens is 347 g/mol. The molecule has 0 aliphatic carbocycles. The second kappa shape index (κ2) is 11.0. The third-order valence-electron chi connectivity index (χ3n) is 3.08. The van der Waals surface area contributed by atoms with Crippen LogP contribution in [-0.2, 0) is 9.84 Å². The fourth-order valence-electron chi connectivity index (χ4n) is 1.91. The van der Waals surface area contributed by atoms with Gasteiger partial charge in [-0.25, -0.2) is 8.42 Å². The van der Waals surface area contributed by atoms with Gasteiger partial charge in [-0.1, -0.05) is 39.0 Å². The van der Waals surface area contributed by atoms with Crippen molar-refractivity contribution in [3.05, 3.63) is 29.2 Å². The molecule has 0 N–H and O–H groups in total. The summed E-state index contributed by atoms with van der Waals surface area (Å²) in [5, 5.41) is 8.55. The van der Waals surface area contributed by atoms with Gasteiger partial charge in [-0.2, -0.15) is 0 Å². The van der Waals surface area contributed by atoms with Crippen molar-refractivity contribution in [1.29, 1.82) is 5.39 Å². The molecule has 0 aliphatic heterocycles. The summed E-state index contributed by atoms with van der Waals surface area (Å²) in [7, 11) is -9.20. The van der Waals surface area contributed by atoms with Crippen LogP contribution in [0.4, 0.5) is 23.0 Å². The van der Waals surface area contributed by atoms with Crippen molar-refractivity contribution in [1.82, 2.24) is 0 Å². The van der Waals surface area contributed by atoms with Crippen molar-refractivity contribution in [3.8, 4) is 0 Å². The van der Waals surface area contributed by atoms with Gasteiger partial charge in [0.25, 0.3) is 0 Å². The number of hydrogen-bond acceptors (Lipinski definition) is 3. The van der Waals surface area contributed by atoms with E-state index in [0.29, 0.717) is 17.0 Å². The number of sulfone groups is 1. The van der Waals surface area contributed by atoms with Gasteiger partial charge in [-0.15, -0.1) is 0 Å². The van der Waals surface area contributed by atoms with Crippen molar-refractivity contribution < 1.29 is 25.7 Å². The molecule has 0 saturated heterocycles. The van der Waals surface area contributed by atoms with E-state index in [2.05, 4.69) is 11.9 Å². The number of rotatable bonds is 8. The molecule has 10 heteroatoms. The first-order valence-corrected chi connectivity index (χ1v) is 9.30. The van der Waals surface area contributed by atoms with Crippen molar-refractivity contribution in [2.24, 2.45) is 0 Å². The van der Waals surface area contributed by atoms with Gasteiger partial charge >= 0.3 is 12.9 Å². The Kier molecular flexibility index (Phi) is 10.3. The maximum Gasteiger partial charge on any atom is 0.673 e. The summed E-state index contributed by atoms with van der Waals surface area (Å²) in [6.07, 6.45) is 6.37. The minimum atomic E-state index is -6.00. The van der Waals surface area contributed by atoms with Gasteiger partial charge in [0.2, 0.25) is 5.39 Å². The van der Waals surface area contributed by atoms with Crippen LogP contribution in [0.25, 0.3) is 4.98 Å². The van der Waals surface area contributed by atoms with Crippen LogP contribution in [0.1, 0.15) is 45.4 Å². The molecule has 1 rings (SSSR count). The highest BCUT2D eigenvalue weighted by molar-refractivity contribution is 7.91. The molecular formula is C14H21BF4N2O2S. The van der Waals surface area contributed by atoms with Crippen molar-refractivity contribution in [2.45, 2.75) is 50.3 Å². The molecule has 1 aromatic rings. The van der Waals surface area contributed by atoms with E-state index in [0.717, 1.165) is 12.8 Å². The highest BCUT2D eigenvalue weighted by Crippen LogP contribution is 2.18. The maximum absolute atomic E-state index is 12.0. The van der Waals surface area contributed by atoms with Crippen molar-refractivity contribution >= 4 is 22.8 Å². The van der Waals surface area contributed by atoms with Gasteiger partial charge in [0.05, 0.1) is 10.6 Å². The van der Waals surface area contributed by atoms with E-state index < -0.39 is 17.1 Å². The van der Waals surface area contributed by atoms with E-state index in [9.17, 15) is 25.7 Å². The smallest absolute Gasteiger partial charge is 0.418 e. The predicted octanol–water partition coefficient (Wildman–Crippen LogP) is 5.61. The molecule has 4 nitrogen and oxygen atoms in total. The largest absolute Gasteiger partial charge is 0.673 e. The minimum Gasteiger partial charge on any atom is -0.418 e. The topological polar surface area (TPSA) is 62.3 Å². The molecule has 0 bridgehead atoms. The summed E-state index contributed by atoms with van der Waals surface area (Å²) < 4.78 is 63.1. The highest BCUT2D eigenvalue weighted by Gasteiger charge is 2.20. The van der Waals surface area contributed by atoms with Crippen LogP contribution >= 0.6 is 0 Å². The average Bonchev–Trinajstić information content (AvgIpc) is 2.49. The summed E-state index contributed by atoms with van der Waals surface area (Å²) in [6, 6.07) is 5.96. The molecule has 0 radical (unpaired) electrons. The SMILES string of the molecule is CCCCCCCCS(=O)(=O)c1ccc([N+]#N)cc1.F[B-](F)(F)F. The number of diazo groups is 1. The fourth-order valence-corrected chi connectivity index (χ4v) is 3.28. The molecule has 1 aromatic carbocycles. The molecule has 0 fully saturated rings. The summed E-state index contributed by atoms with van der Waals surface area (Å²) in [5.41, 5.74) is 0.360. The van der Waals surface area contributed by atoms with Crippen LogP contribution in [0.5, 0.6) is 0 Å². The second-order valence-electron chi connectivity index (χ2n) is 5.18. The van der Waals surface area contributed by atoms with Crippen LogP contribution < -0.4 is 0 Å². The number of halogens is 4. The lowest BCUT2D eigenvalue weighted by molar-refractivity contribution is 0.368. The molecule has 0 aromatic heterocycles. The molecule has 0 unspecified atom stereocenters. The summed E-state index contributed by atoms with van der Waals surface area (Å²) in [6.45, 7) is 2.16. The predicted molar refractivity (Wildman–Crippen MR) is 86.8 cm³/mol. The van der Waals surface area contributed by atoms with Crippen LogP contribution in [0.2, 0.25) is 0 Å². The molecule has 0 spiro atoms. The van der Waals surface area contributed by atoms with Crippen LogP contribution in [0.3, 0.4) is 0 Å². The van der Waals surface area contributed by atoms with Gasteiger partial charge in [0, 0.05) is 12.1 Å². The van der Waals surface area contributed by atoms with Crippen LogP contribution in [-0.4, -0.2) is 21.4 Å². The third kappa shape index (κ3) is 11.9. The zero-order chi connectivity index (χ0) is 18.6.